The monoisotopic (exact) mass is 512 g/mol. The highest BCUT2D eigenvalue weighted by atomic mass is 16.5. The summed E-state index contributed by atoms with van der Waals surface area (Å²) in [6.45, 7) is 5.05. The van der Waals surface area contributed by atoms with Gasteiger partial charge in [0.15, 0.2) is 0 Å². The van der Waals surface area contributed by atoms with Crippen molar-refractivity contribution in [3.8, 4) is 5.75 Å². The number of ether oxygens (including phenoxy) is 2. The minimum Gasteiger partial charge on any atom is -0.490 e. The number of morpholine rings is 1. The van der Waals surface area contributed by atoms with E-state index in [1.54, 1.807) is 11.0 Å². The van der Waals surface area contributed by atoms with Crippen molar-refractivity contribution in [2.75, 3.05) is 39.4 Å². The Balaban J connectivity index is 0.000000195. The zero-order valence-corrected chi connectivity index (χ0v) is 21.2. The first kappa shape index (κ1) is 25.7. The normalized spacial score (nSPS) is 24.5. The van der Waals surface area contributed by atoms with Crippen LogP contribution in [0.1, 0.15) is 60.9 Å². The SMILES string of the molecule is O=C(C1CNC1)N1CCOCC1.O=C1CCC(N2Cc3cc(OC4CCCCC4)ccc3C2=O)C(=O)N1. The number of hydrogen-bond acceptors (Lipinski definition) is 7. The van der Waals surface area contributed by atoms with E-state index in [4.69, 9.17) is 9.47 Å². The van der Waals surface area contributed by atoms with Crippen LogP contribution in [-0.4, -0.2) is 85.0 Å². The van der Waals surface area contributed by atoms with E-state index >= 15 is 0 Å². The maximum Gasteiger partial charge on any atom is 0.255 e. The molecule has 6 rings (SSSR count). The van der Waals surface area contributed by atoms with E-state index in [1.165, 1.54) is 19.3 Å². The maximum absolute atomic E-state index is 12.6. The van der Waals surface area contributed by atoms with Crippen LogP contribution in [0.4, 0.5) is 0 Å². The fraction of sp³-hybridized carbons (Fsp3) is 0.630. The van der Waals surface area contributed by atoms with Crippen LogP contribution >= 0.6 is 0 Å². The van der Waals surface area contributed by atoms with E-state index in [0.29, 0.717) is 37.6 Å². The first-order valence-corrected chi connectivity index (χ1v) is 13.5. The highest BCUT2D eigenvalue weighted by Crippen LogP contribution is 2.31. The predicted molar refractivity (Wildman–Crippen MR) is 134 cm³/mol. The lowest BCUT2D eigenvalue weighted by Gasteiger charge is -2.34. The summed E-state index contributed by atoms with van der Waals surface area (Å²) in [5.41, 5.74) is 1.52. The molecule has 5 aliphatic rings. The highest BCUT2D eigenvalue weighted by Gasteiger charge is 2.39. The molecule has 0 radical (unpaired) electrons. The third-order valence-corrected chi connectivity index (χ3v) is 7.80. The molecule has 200 valence electrons. The van der Waals surface area contributed by atoms with Gasteiger partial charge in [0.05, 0.1) is 25.2 Å². The topological polar surface area (TPSA) is 117 Å². The maximum atomic E-state index is 12.6. The van der Waals surface area contributed by atoms with E-state index in [9.17, 15) is 19.2 Å². The van der Waals surface area contributed by atoms with Crippen LogP contribution in [0.25, 0.3) is 0 Å². The number of fused-ring (bicyclic) bond motifs is 1. The van der Waals surface area contributed by atoms with Gasteiger partial charge in [0.2, 0.25) is 17.7 Å². The Hall–Kier alpha value is -2.98. The van der Waals surface area contributed by atoms with Crippen LogP contribution in [-0.2, 0) is 25.7 Å². The van der Waals surface area contributed by atoms with Crippen LogP contribution in [0.3, 0.4) is 0 Å². The van der Waals surface area contributed by atoms with Crippen molar-refractivity contribution in [1.82, 2.24) is 20.4 Å². The molecule has 1 aliphatic carbocycles. The summed E-state index contributed by atoms with van der Waals surface area (Å²) in [5, 5.41) is 5.43. The summed E-state index contributed by atoms with van der Waals surface area (Å²) in [6.07, 6.45) is 6.77. The number of nitrogens with zero attached hydrogens (tertiary/aromatic N) is 2. The molecule has 1 aromatic rings. The van der Waals surface area contributed by atoms with Gasteiger partial charge in [-0.25, -0.2) is 0 Å². The molecule has 4 fully saturated rings. The largest absolute Gasteiger partial charge is 0.490 e. The van der Waals surface area contributed by atoms with E-state index in [1.807, 2.05) is 17.0 Å². The van der Waals surface area contributed by atoms with Gasteiger partial charge in [0.1, 0.15) is 11.8 Å². The minimum atomic E-state index is -0.569. The van der Waals surface area contributed by atoms with Gasteiger partial charge in [-0.2, -0.15) is 0 Å². The van der Waals surface area contributed by atoms with Crippen LogP contribution < -0.4 is 15.4 Å². The molecule has 1 atom stereocenters. The number of imide groups is 1. The molecule has 1 aromatic carbocycles. The second-order valence-corrected chi connectivity index (χ2v) is 10.4. The van der Waals surface area contributed by atoms with Crippen molar-refractivity contribution in [2.45, 2.75) is 63.6 Å². The number of benzene rings is 1. The zero-order chi connectivity index (χ0) is 25.8. The van der Waals surface area contributed by atoms with Gasteiger partial charge in [-0.05, 0) is 55.9 Å². The summed E-state index contributed by atoms with van der Waals surface area (Å²) in [5.74, 6) is 0.544. The minimum absolute atomic E-state index is 0.145. The zero-order valence-electron chi connectivity index (χ0n) is 21.2. The average Bonchev–Trinajstić information content (AvgIpc) is 3.20. The number of carbonyl (C=O) groups is 4. The van der Waals surface area contributed by atoms with Crippen LogP contribution in [0, 0.1) is 5.92 Å². The lowest BCUT2D eigenvalue weighted by atomic mass is 9.98. The molecule has 10 heteroatoms. The van der Waals surface area contributed by atoms with Gasteiger partial charge in [-0.15, -0.1) is 0 Å². The average molecular weight is 513 g/mol. The fourth-order valence-electron chi connectivity index (χ4n) is 5.50. The van der Waals surface area contributed by atoms with Crippen molar-refractivity contribution in [1.29, 1.82) is 0 Å². The molecule has 1 unspecified atom stereocenters. The van der Waals surface area contributed by atoms with Gasteiger partial charge < -0.3 is 24.6 Å². The Kier molecular flexibility index (Phi) is 8.05. The third-order valence-electron chi connectivity index (χ3n) is 7.80. The number of hydrogen-bond donors (Lipinski definition) is 2. The standard InChI is InChI=1S/C19H22N2O4.C8H14N2O2/c22-17-9-8-16(18(23)20-17)21-11-12-10-14(6-7-15(12)19(21)24)25-13-4-2-1-3-5-13;11-8(7-5-9-6-7)10-1-3-12-4-2-10/h6-7,10,13,16H,1-5,8-9,11H2,(H,20,22,23);7,9H,1-6H2. The van der Waals surface area contributed by atoms with E-state index in [0.717, 1.165) is 50.3 Å². The molecular formula is C27H36N4O6. The van der Waals surface area contributed by atoms with Crippen molar-refractivity contribution < 1.29 is 28.7 Å². The molecular weight excluding hydrogens is 476 g/mol. The second kappa shape index (κ2) is 11.6. The molecule has 4 heterocycles. The molecule has 3 saturated heterocycles. The molecule has 37 heavy (non-hydrogen) atoms. The molecule has 4 amide bonds. The summed E-state index contributed by atoms with van der Waals surface area (Å²) in [4.78, 5) is 51.1. The Morgan fingerprint density at radius 3 is 2.43 bits per heavy atom. The molecule has 0 bridgehead atoms. The molecule has 4 aliphatic heterocycles. The van der Waals surface area contributed by atoms with Gasteiger partial charge in [-0.1, -0.05) is 6.42 Å². The van der Waals surface area contributed by atoms with Gasteiger partial charge >= 0.3 is 0 Å². The van der Waals surface area contributed by atoms with E-state index in [-0.39, 0.29) is 36.2 Å². The number of amides is 4. The highest BCUT2D eigenvalue weighted by molar-refractivity contribution is 6.05. The summed E-state index contributed by atoms with van der Waals surface area (Å²) in [6, 6.07) is 5.00. The smallest absolute Gasteiger partial charge is 0.255 e. The predicted octanol–water partition coefficient (Wildman–Crippen LogP) is 1.22. The first-order valence-electron chi connectivity index (χ1n) is 13.5. The Morgan fingerprint density at radius 2 is 1.76 bits per heavy atom. The Morgan fingerprint density at radius 1 is 1.00 bits per heavy atom. The van der Waals surface area contributed by atoms with Crippen molar-refractivity contribution >= 4 is 23.6 Å². The molecule has 10 nitrogen and oxygen atoms in total. The summed E-state index contributed by atoms with van der Waals surface area (Å²) in [7, 11) is 0. The Bertz CT molecular complexity index is 1030. The summed E-state index contributed by atoms with van der Waals surface area (Å²) < 4.78 is 11.2. The van der Waals surface area contributed by atoms with Crippen molar-refractivity contribution in [3.63, 3.8) is 0 Å². The number of rotatable bonds is 4. The molecule has 0 aromatic heterocycles. The molecule has 1 saturated carbocycles. The lowest BCUT2D eigenvalue weighted by molar-refractivity contribution is -0.141. The van der Waals surface area contributed by atoms with Crippen molar-refractivity contribution in [3.05, 3.63) is 29.3 Å². The second-order valence-electron chi connectivity index (χ2n) is 10.4. The van der Waals surface area contributed by atoms with E-state index in [2.05, 4.69) is 10.6 Å². The lowest BCUT2D eigenvalue weighted by Crippen LogP contribution is -2.54. The van der Waals surface area contributed by atoms with Crippen molar-refractivity contribution in [2.24, 2.45) is 5.92 Å². The molecule has 0 spiro atoms. The Labute approximate surface area is 217 Å². The van der Waals surface area contributed by atoms with Crippen LogP contribution in [0.2, 0.25) is 0 Å². The van der Waals surface area contributed by atoms with Crippen LogP contribution in [0.15, 0.2) is 18.2 Å². The fourth-order valence-corrected chi connectivity index (χ4v) is 5.50. The number of carbonyl (C=O) groups excluding carboxylic acids is 4. The van der Waals surface area contributed by atoms with Crippen LogP contribution in [0.5, 0.6) is 5.75 Å². The summed E-state index contributed by atoms with van der Waals surface area (Å²) >= 11 is 0. The quantitative estimate of drug-likeness (QED) is 0.583. The van der Waals surface area contributed by atoms with Gasteiger partial charge in [0.25, 0.3) is 5.91 Å². The van der Waals surface area contributed by atoms with Gasteiger partial charge in [0, 0.05) is 44.7 Å². The van der Waals surface area contributed by atoms with Gasteiger partial charge in [-0.3, -0.25) is 24.5 Å². The first-order chi connectivity index (χ1) is 18.0. The number of nitrogens with one attached hydrogen (secondary N) is 2. The number of piperidine rings is 1. The third kappa shape index (κ3) is 5.96. The molecule has 2 N–H and O–H groups in total. The van der Waals surface area contributed by atoms with E-state index < -0.39 is 6.04 Å².